The summed E-state index contributed by atoms with van der Waals surface area (Å²) in [5.41, 5.74) is -0.333. The maximum absolute atomic E-state index is 12.4. The normalized spacial score (nSPS) is 29.7. The lowest BCUT2D eigenvalue weighted by atomic mass is 9.81. The van der Waals surface area contributed by atoms with Crippen molar-refractivity contribution in [3.8, 4) is 0 Å². The molecule has 2 fully saturated rings. The van der Waals surface area contributed by atoms with E-state index in [0.717, 1.165) is 45.1 Å². The van der Waals surface area contributed by atoms with E-state index in [1.165, 1.54) is 0 Å². The third-order valence-corrected chi connectivity index (χ3v) is 4.27. The van der Waals surface area contributed by atoms with Gasteiger partial charge in [-0.3, -0.25) is 9.59 Å². The molecule has 1 aliphatic heterocycles. The molecule has 1 saturated carbocycles. The fourth-order valence-corrected chi connectivity index (χ4v) is 3.31. The van der Waals surface area contributed by atoms with Crippen LogP contribution in [-0.2, 0) is 9.59 Å². The van der Waals surface area contributed by atoms with Gasteiger partial charge in [-0.1, -0.05) is 27.2 Å². The second kappa shape index (κ2) is 5.02. The number of carbonyl (C=O) groups excluding carboxylic acids is 2. The smallest absolute Gasteiger partial charge is 0.228 e. The highest BCUT2D eigenvalue weighted by molar-refractivity contribution is 5.85. The van der Waals surface area contributed by atoms with Crippen LogP contribution in [0.25, 0.3) is 0 Å². The zero-order chi connectivity index (χ0) is 13.3. The Morgan fingerprint density at radius 1 is 1.17 bits per heavy atom. The number of rotatable bonds is 1. The minimum absolute atomic E-state index is 0.118. The lowest BCUT2D eigenvalue weighted by Gasteiger charge is -2.36. The molecule has 0 bridgehead atoms. The fourth-order valence-electron chi connectivity index (χ4n) is 3.31. The van der Waals surface area contributed by atoms with E-state index in [9.17, 15) is 9.59 Å². The maximum Gasteiger partial charge on any atom is 0.228 e. The Labute approximate surface area is 110 Å². The average Bonchev–Trinajstić information content (AvgIpc) is 2.76. The van der Waals surface area contributed by atoms with Crippen molar-refractivity contribution in [3.63, 3.8) is 0 Å². The minimum atomic E-state index is -0.333. The van der Waals surface area contributed by atoms with Crippen LogP contribution >= 0.6 is 0 Å². The van der Waals surface area contributed by atoms with Gasteiger partial charge in [-0.15, -0.1) is 0 Å². The van der Waals surface area contributed by atoms with Crippen LogP contribution in [0.2, 0.25) is 0 Å². The van der Waals surface area contributed by atoms with Gasteiger partial charge in [-0.25, -0.2) is 0 Å². The van der Waals surface area contributed by atoms with Crippen molar-refractivity contribution in [2.75, 3.05) is 6.54 Å². The lowest BCUT2D eigenvalue weighted by Crippen LogP contribution is -2.47. The molecule has 0 N–H and O–H groups in total. The Bertz CT molecular complexity index is 343. The molecule has 2 unspecified atom stereocenters. The molecule has 0 radical (unpaired) electrons. The highest BCUT2D eigenvalue weighted by Gasteiger charge is 2.41. The van der Waals surface area contributed by atoms with Crippen LogP contribution in [-0.4, -0.2) is 29.2 Å². The van der Waals surface area contributed by atoms with Gasteiger partial charge < -0.3 is 4.90 Å². The fraction of sp³-hybridized carbons (Fsp3) is 0.867. The number of hydrogen-bond donors (Lipinski definition) is 0. The Morgan fingerprint density at radius 3 is 2.50 bits per heavy atom. The monoisotopic (exact) mass is 251 g/mol. The summed E-state index contributed by atoms with van der Waals surface area (Å²) >= 11 is 0. The second-order valence-electron chi connectivity index (χ2n) is 6.78. The SMILES string of the molecule is CC(C)(C)C(=O)N1CCCC1C1CCCCC1=O. The van der Waals surface area contributed by atoms with Gasteiger partial charge in [0.1, 0.15) is 5.78 Å². The van der Waals surface area contributed by atoms with Crippen LogP contribution in [0.4, 0.5) is 0 Å². The predicted octanol–water partition coefficient (Wildman–Crippen LogP) is 2.78. The molecule has 0 aromatic carbocycles. The van der Waals surface area contributed by atoms with Crippen molar-refractivity contribution in [1.29, 1.82) is 0 Å². The summed E-state index contributed by atoms with van der Waals surface area (Å²) in [7, 11) is 0. The van der Waals surface area contributed by atoms with E-state index in [1.807, 2.05) is 25.7 Å². The van der Waals surface area contributed by atoms with Gasteiger partial charge >= 0.3 is 0 Å². The van der Waals surface area contributed by atoms with Crippen LogP contribution in [0, 0.1) is 11.3 Å². The summed E-state index contributed by atoms with van der Waals surface area (Å²) in [5.74, 6) is 0.718. The van der Waals surface area contributed by atoms with Gasteiger partial charge in [0.2, 0.25) is 5.91 Å². The van der Waals surface area contributed by atoms with E-state index in [0.29, 0.717) is 5.78 Å². The minimum Gasteiger partial charge on any atom is -0.339 e. The molecule has 2 atom stereocenters. The van der Waals surface area contributed by atoms with Crippen molar-refractivity contribution in [2.24, 2.45) is 11.3 Å². The molecular formula is C15H25NO2. The van der Waals surface area contributed by atoms with E-state index < -0.39 is 0 Å². The zero-order valence-electron chi connectivity index (χ0n) is 11.9. The molecular weight excluding hydrogens is 226 g/mol. The van der Waals surface area contributed by atoms with Crippen molar-refractivity contribution >= 4 is 11.7 Å². The van der Waals surface area contributed by atoms with Crippen LogP contribution in [0.5, 0.6) is 0 Å². The molecule has 2 aliphatic rings. The number of likely N-dealkylation sites (tertiary alicyclic amines) is 1. The molecule has 1 aliphatic carbocycles. The van der Waals surface area contributed by atoms with Gasteiger partial charge in [-0.05, 0) is 25.7 Å². The van der Waals surface area contributed by atoms with E-state index in [1.54, 1.807) is 0 Å². The number of hydrogen-bond acceptors (Lipinski definition) is 2. The molecule has 3 heteroatoms. The summed E-state index contributed by atoms with van der Waals surface area (Å²) in [5, 5.41) is 0. The van der Waals surface area contributed by atoms with Gasteiger partial charge in [-0.2, -0.15) is 0 Å². The van der Waals surface area contributed by atoms with E-state index in [-0.39, 0.29) is 23.3 Å². The standard InChI is InChI=1S/C15H25NO2/c1-15(2,3)14(18)16-10-6-8-12(16)11-7-4-5-9-13(11)17/h11-12H,4-10H2,1-3H3. The number of nitrogens with zero attached hydrogens (tertiary/aromatic N) is 1. The molecule has 1 amide bonds. The summed E-state index contributed by atoms with van der Waals surface area (Å²) < 4.78 is 0. The first-order chi connectivity index (χ1) is 8.41. The lowest BCUT2D eigenvalue weighted by molar-refractivity contribution is -0.142. The molecule has 18 heavy (non-hydrogen) atoms. The Morgan fingerprint density at radius 2 is 1.89 bits per heavy atom. The maximum atomic E-state index is 12.4. The van der Waals surface area contributed by atoms with Gasteiger partial charge in [0.05, 0.1) is 0 Å². The highest BCUT2D eigenvalue weighted by atomic mass is 16.2. The van der Waals surface area contributed by atoms with Gasteiger partial charge in [0.25, 0.3) is 0 Å². The Hall–Kier alpha value is -0.860. The number of amides is 1. The second-order valence-corrected chi connectivity index (χ2v) is 6.78. The first-order valence-corrected chi connectivity index (χ1v) is 7.25. The Kier molecular flexibility index (Phi) is 3.79. The average molecular weight is 251 g/mol. The summed E-state index contributed by atoms with van der Waals surface area (Å²) in [4.78, 5) is 26.5. The van der Waals surface area contributed by atoms with Crippen molar-refractivity contribution in [3.05, 3.63) is 0 Å². The first-order valence-electron chi connectivity index (χ1n) is 7.25. The van der Waals surface area contributed by atoms with E-state index in [4.69, 9.17) is 0 Å². The molecule has 1 heterocycles. The Balaban J connectivity index is 2.12. The largest absolute Gasteiger partial charge is 0.339 e. The molecule has 3 nitrogen and oxygen atoms in total. The topological polar surface area (TPSA) is 37.4 Å². The molecule has 0 spiro atoms. The van der Waals surface area contributed by atoms with Crippen molar-refractivity contribution < 1.29 is 9.59 Å². The third-order valence-electron chi connectivity index (χ3n) is 4.27. The van der Waals surface area contributed by atoms with Gasteiger partial charge in [0, 0.05) is 30.3 Å². The van der Waals surface area contributed by atoms with E-state index >= 15 is 0 Å². The molecule has 1 saturated heterocycles. The highest BCUT2D eigenvalue weighted by Crippen LogP contribution is 2.34. The summed E-state index contributed by atoms with van der Waals surface area (Å²) in [6.45, 7) is 6.73. The molecule has 102 valence electrons. The quantitative estimate of drug-likeness (QED) is 0.718. The molecule has 0 aromatic heterocycles. The van der Waals surface area contributed by atoms with E-state index in [2.05, 4.69) is 0 Å². The zero-order valence-corrected chi connectivity index (χ0v) is 11.9. The molecule has 0 aromatic rings. The van der Waals surface area contributed by atoms with Crippen molar-refractivity contribution in [2.45, 2.75) is 65.3 Å². The number of ketones is 1. The van der Waals surface area contributed by atoms with Crippen LogP contribution < -0.4 is 0 Å². The summed E-state index contributed by atoms with van der Waals surface area (Å²) in [6.07, 6.45) is 5.95. The van der Waals surface area contributed by atoms with Gasteiger partial charge in [0.15, 0.2) is 0 Å². The van der Waals surface area contributed by atoms with Crippen LogP contribution in [0.1, 0.15) is 59.3 Å². The molecule has 2 rings (SSSR count). The number of carbonyl (C=O) groups is 2. The first kappa shape index (κ1) is 13.6. The van der Waals surface area contributed by atoms with Crippen molar-refractivity contribution in [1.82, 2.24) is 4.90 Å². The number of Topliss-reactive ketones (excluding diaryl/α,β-unsaturated/α-hetero) is 1. The van der Waals surface area contributed by atoms with Crippen LogP contribution in [0.3, 0.4) is 0 Å². The summed E-state index contributed by atoms with van der Waals surface area (Å²) in [6, 6.07) is 0.185. The third kappa shape index (κ3) is 2.60. The predicted molar refractivity (Wildman–Crippen MR) is 71.2 cm³/mol. The van der Waals surface area contributed by atoms with Crippen LogP contribution in [0.15, 0.2) is 0 Å².